The molecule has 752 valence electrons. The summed E-state index contributed by atoms with van der Waals surface area (Å²) in [4.78, 5) is 278. The van der Waals surface area contributed by atoms with Gasteiger partial charge in [0, 0.05) is 75.7 Å². The second kappa shape index (κ2) is 45.2. The van der Waals surface area contributed by atoms with Gasteiger partial charge in [0.2, 0.25) is 5.91 Å². The number of nitrogens with zero attached hydrogens (tertiary/aromatic N) is 4. The molecular weight excluding hydrogens is 1850 g/mol. The Labute approximate surface area is 801 Å². The lowest BCUT2D eigenvalue weighted by Crippen LogP contribution is -2.73. The van der Waals surface area contributed by atoms with Crippen LogP contribution >= 0.6 is 0 Å². The number of imide groups is 4. The van der Waals surface area contributed by atoms with Crippen molar-refractivity contribution in [1.82, 2.24) is 24.9 Å². The van der Waals surface area contributed by atoms with Gasteiger partial charge in [-0.3, -0.25) is 111 Å². The number of carbonyl (C=O) groups excluding carboxylic acids is 19. The summed E-state index contributed by atoms with van der Waals surface area (Å²) in [6.45, 7) is 6.87. The Morgan fingerprint density at radius 3 is 0.793 bits per heavy atom. The fourth-order valence-electron chi connectivity index (χ4n) is 19.3. The maximum atomic E-state index is 15.9. The van der Waals surface area contributed by atoms with E-state index in [0.29, 0.717) is 32.4 Å². The monoisotopic (exact) mass is 1960 g/mol. The molecule has 0 aromatic heterocycles. The third-order valence-electron chi connectivity index (χ3n) is 25.1. The summed E-state index contributed by atoms with van der Waals surface area (Å²) >= 11 is 0. The van der Waals surface area contributed by atoms with E-state index in [1.807, 2.05) is 0 Å². The first-order valence-electron chi connectivity index (χ1n) is 46.2. The van der Waals surface area contributed by atoms with E-state index in [1.54, 1.807) is 0 Å². The van der Waals surface area contributed by atoms with E-state index < -0.39 is 293 Å². The minimum atomic E-state index is -2.60. The number of nitrogens with one attached hydrogen (secondary N) is 1. The molecule has 44 nitrogen and oxygen atoms in total. The molecule has 0 spiro atoms. The van der Waals surface area contributed by atoms with Crippen LogP contribution in [-0.2, 0) is 147 Å². The fraction of sp³-hybridized carbons (Fsp3) is 0.552. The van der Waals surface area contributed by atoms with Gasteiger partial charge in [-0.25, -0.2) is 0 Å². The van der Waals surface area contributed by atoms with Crippen LogP contribution in [-0.4, -0.2) is 319 Å². The van der Waals surface area contributed by atoms with Crippen molar-refractivity contribution in [2.24, 2.45) is 0 Å². The van der Waals surface area contributed by atoms with Crippen LogP contribution in [0.5, 0.6) is 0 Å². The molecule has 10 aliphatic rings. The van der Waals surface area contributed by atoms with Gasteiger partial charge in [-0.05, 0) is 55.0 Å². The number of rotatable bonds is 39. The van der Waals surface area contributed by atoms with E-state index in [-0.39, 0.29) is 57.5 Å². The zero-order valence-electron chi connectivity index (χ0n) is 78.4. The van der Waals surface area contributed by atoms with Gasteiger partial charge < -0.3 is 100 Å². The Hall–Kier alpha value is -12.8. The Morgan fingerprint density at radius 2 is 0.529 bits per heavy atom. The molecule has 140 heavy (non-hydrogen) atoms. The number of benzene rings is 4. The van der Waals surface area contributed by atoms with E-state index in [2.05, 4.69) is 12.2 Å². The maximum absolute atomic E-state index is 15.9. The van der Waals surface area contributed by atoms with E-state index in [4.69, 9.17) is 94.7 Å². The van der Waals surface area contributed by atoms with Crippen molar-refractivity contribution in [3.63, 3.8) is 0 Å². The molecule has 10 heterocycles. The summed E-state index contributed by atoms with van der Waals surface area (Å²) in [6.07, 6.45) is -31.4. The Bertz CT molecular complexity index is 5310. The number of ether oxygens (including phenoxy) is 20. The number of hydrogen-bond acceptors (Lipinski definition) is 39. The first-order chi connectivity index (χ1) is 66.9. The van der Waals surface area contributed by atoms with Gasteiger partial charge in [0.25, 0.3) is 47.3 Å². The third kappa shape index (κ3) is 22.5. The molecule has 9 amide bonds. The summed E-state index contributed by atoms with van der Waals surface area (Å²) in [5, 5.41) is 2.90. The summed E-state index contributed by atoms with van der Waals surface area (Å²) in [6, 6.07) is 10.5. The molecule has 4 aromatic rings. The summed E-state index contributed by atoms with van der Waals surface area (Å²) in [5.74, 6) is -21.1. The molecule has 6 saturated heterocycles. The highest BCUT2D eigenvalue weighted by molar-refractivity contribution is 6.24. The number of hydrogen-bond donors (Lipinski definition) is 1. The molecule has 25 atom stereocenters. The lowest BCUT2D eigenvalue weighted by molar-refractivity contribution is -0.373. The van der Waals surface area contributed by atoms with Crippen molar-refractivity contribution in [3.8, 4) is 0 Å². The topological polar surface area (TPSA) is 534 Å². The largest absolute Gasteiger partial charge is 0.463 e. The minimum Gasteiger partial charge on any atom is -0.463 e. The molecule has 4 aromatic carbocycles. The number of amides is 9. The van der Waals surface area contributed by atoms with Crippen molar-refractivity contribution >= 4 is 113 Å². The molecule has 10 aliphatic heterocycles. The quantitative estimate of drug-likeness (QED) is 0.0269. The lowest BCUT2D eigenvalue weighted by atomic mass is 9.91. The van der Waals surface area contributed by atoms with Gasteiger partial charge in [-0.2, -0.15) is 0 Å². The first-order valence-corrected chi connectivity index (χ1v) is 46.2. The summed E-state index contributed by atoms with van der Waals surface area (Å²) in [7, 11) is 0. The van der Waals surface area contributed by atoms with Gasteiger partial charge in [-0.1, -0.05) is 120 Å². The predicted octanol–water partition coefficient (Wildman–Crippen LogP) is 4.87. The SMILES string of the molecule is CCCCCCCCCCCCCC(=O)N[C@H]1[C@@H]2OC[C@@H](O2)[C@@H](O[C@@H]2O[C@H](COC(C)=O)[C@@H](O[C@@H]3O[C@H](COC(C)=O)[C@@H](O[C@@H]4O[C@H](COC(C)=O)[C@@H](O[C@@H]5O[C@H](COC(C)=O)[C@@H](OC(C)=O)[C@H](OC(C)=O)[C@H]5N5C(=O)c6ccccc6C5=O)[C@H](OC(C)=O)[C@H]4N4C(=O)c5ccccc5C4=O)[C@H](OC(C)=O)[C@H]3N3C(=O)c4ccccc4C3=O)[C@H](OC(C)=O)[C@H]2N2C(=O)c3ccccc3C2=O)[C@@H]1OC(C)=O. The van der Waals surface area contributed by atoms with Crippen LogP contribution in [0.3, 0.4) is 0 Å². The standard InChI is InChI=1S/C96H109N5O39/c1-12-13-14-15-16-17-18-19-20-21-22-39-68(112)97-69-79(127-50(7)107)74(67-44-125-92(69)132-67)137-93-71(99-86(115)57-33-25-26-34-58(57)87(99)116)81(129-52(9)109)76(64(134-93)41-122-46(3)103)139-95-73(101-90(119)61-37-29-30-38-62(61)91(101)120)83(131-54(11)111)78(66(136-95)43-124-48(5)105)140-96-72(100-88(117)59-35-27-28-36-60(59)89(100)118)82(130-53(10)110)77(65(135-96)42-123-47(4)104)138-94-70(98-84(113)55-31-23-24-32-56(55)85(98)114)80(128-51(8)108)75(126-49(6)106)63(133-94)40-121-45(2)102/h23-38,63-67,69-83,92-96H,12-22,39-44H2,1-11H3,(H,97,112)/t63-,64-,65-,66-,67-,69-,70-,71-,72-,73-,74-,75-,76-,77-,78-,79-,80-,81-,82-,83-,92-,93+,94+,95+,96+/m1/s1. The average molecular weight is 1960 g/mol. The molecule has 44 heteroatoms. The van der Waals surface area contributed by atoms with Crippen LogP contribution in [0.2, 0.25) is 0 Å². The normalized spacial score (nSPS) is 29.8. The van der Waals surface area contributed by atoms with Crippen LogP contribution < -0.4 is 5.32 Å². The Balaban J connectivity index is 0.898. The van der Waals surface area contributed by atoms with Crippen molar-refractivity contribution in [3.05, 3.63) is 142 Å². The van der Waals surface area contributed by atoms with Crippen LogP contribution in [0.15, 0.2) is 97.1 Å². The minimum absolute atomic E-state index is 0.00219. The number of fused-ring (bicyclic) bond motifs is 6. The van der Waals surface area contributed by atoms with E-state index >= 15 is 38.4 Å². The molecule has 6 fully saturated rings. The molecule has 0 unspecified atom stereocenters. The van der Waals surface area contributed by atoms with Gasteiger partial charge in [0.15, 0.2) is 68.1 Å². The second-order valence-corrected chi connectivity index (χ2v) is 35.1. The lowest BCUT2D eigenvalue weighted by Gasteiger charge is -2.54. The highest BCUT2D eigenvalue weighted by atomic mass is 16.8. The maximum Gasteiger partial charge on any atom is 0.303 e. The average Bonchev–Trinajstić information content (AvgIpc) is 1.58. The number of unbranched alkanes of at least 4 members (excludes halogenated alkanes) is 10. The highest BCUT2D eigenvalue weighted by Crippen LogP contribution is 2.47. The Kier molecular flexibility index (Phi) is 33.3. The molecule has 0 aliphatic carbocycles. The first kappa shape index (κ1) is 103. The van der Waals surface area contributed by atoms with E-state index in [0.717, 1.165) is 114 Å². The zero-order valence-corrected chi connectivity index (χ0v) is 78.4. The van der Waals surface area contributed by atoms with Crippen LogP contribution in [0.25, 0.3) is 0 Å². The van der Waals surface area contributed by atoms with Gasteiger partial charge in [0.05, 0.1) is 51.1 Å². The fourth-order valence-corrected chi connectivity index (χ4v) is 19.3. The molecule has 0 saturated carbocycles. The van der Waals surface area contributed by atoms with Crippen molar-refractivity contribution < 1.29 is 186 Å². The molecule has 0 radical (unpaired) electrons. The molecule has 1 N–H and O–H groups in total. The van der Waals surface area contributed by atoms with Crippen molar-refractivity contribution in [2.75, 3.05) is 33.0 Å². The van der Waals surface area contributed by atoms with Gasteiger partial charge >= 0.3 is 59.7 Å². The molecule has 2 bridgehead atoms. The molecular formula is C96H109N5O39. The Morgan fingerprint density at radius 1 is 0.293 bits per heavy atom. The summed E-state index contributed by atoms with van der Waals surface area (Å²) in [5.41, 5.74) is -2.31. The van der Waals surface area contributed by atoms with Crippen molar-refractivity contribution in [1.29, 1.82) is 0 Å². The van der Waals surface area contributed by atoms with Crippen LogP contribution in [0.1, 0.15) is 236 Å². The highest BCUT2D eigenvalue weighted by Gasteiger charge is 2.68. The van der Waals surface area contributed by atoms with E-state index in [9.17, 15) is 52.7 Å². The van der Waals surface area contributed by atoms with Gasteiger partial charge in [0.1, 0.15) is 112 Å². The number of carbonyl (C=O) groups is 19. The zero-order chi connectivity index (χ0) is 101. The van der Waals surface area contributed by atoms with Crippen LogP contribution in [0, 0.1) is 0 Å². The summed E-state index contributed by atoms with van der Waals surface area (Å²) < 4.78 is 128. The van der Waals surface area contributed by atoms with Crippen LogP contribution in [0.4, 0.5) is 0 Å². The molecule has 14 rings (SSSR count). The van der Waals surface area contributed by atoms with Crippen molar-refractivity contribution in [2.45, 2.75) is 306 Å². The predicted molar refractivity (Wildman–Crippen MR) is 465 cm³/mol. The third-order valence-corrected chi connectivity index (χ3v) is 25.1. The van der Waals surface area contributed by atoms with Gasteiger partial charge in [-0.15, -0.1) is 0 Å². The smallest absolute Gasteiger partial charge is 0.303 e. The number of esters is 10. The second-order valence-electron chi connectivity index (χ2n) is 35.1. The van der Waals surface area contributed by atoms with E-state index in [1.165, 1.54) is 110 Å².